The minimum Gasteiger partial charge on any atom is -0.489 e. The summed E-state index contributed by atoms with van der Waals surface area (Å²) >= 11 is 0. The number of nitrogens with one attached hydrogen (secondary N) is 2. The summed E-state index contributed by atoms with van der Waals surface area (Å²) in [7, 11) is 0. The second-order valence-electron chi connectivity index (χ2n) is 7.79. The van der Waals surface area contributed by atoms with Crippen LogP contribution in [0.4, 0.5) is 0 Å². The highest BCUT2D eigenvalue weighted by Crippen LogP contribution is 2.26. The van der Waals surface area contributed by atoms with Crippen molar-refractivity contribution in [1.82, 2.24) is 15.5 Å². The summed E-state index contributed by atoms with van der Waals surface area (Å²) in [5, 5.41) is 47.5. The number of carboxylic acids is 2. The molecule has 0 amide bonds. The number of ether oxygens (including phenoxy) is 1. The quantitative estimate of drug-likeness (QED) is 0.151. The molecule has 3 rings (SSSR count). The Hall–Kier alpha value is -3.40. The van der Waals surface area contributed by atoms with E-state index in [9.17, 15) is 9.59 Å². The Kier molecular flexibility index (Phi) is 11.0. The number of guanidine groups is 1. The molecule has 0 saturated carbocycles. The van der Waals surface area contributed by atoms with Crippen LogP contribution in [0.5, 0.6) is 5.75 Å². The van der Waals surface area contributed by atoms with Gasteiger partial charge in [-0.1, -0.05) is 18.2 Å². The standard InChI is InChI=1S/C18H25N5O.C4H6O6/c19-14-22-18-21-10-4-12-23(18)11-3-9-20-13-16-8-7-15-5-1-2-6-17(15)24-16;5-1(3(7)8)2(6)4(9)10/h1-2,5-6,16,20H,3-4,7-13H2,(H,21,22);1-2,5-6H,(H,7,8)(H,9,10). The molecule has 12 heteroatoms. The summed E-state index contributed by atoms with van der Waals surface area (Å²) in [6, 6.07) is 8.30. The Labute approximate surface area is 197 Å². The normalized spacial score (nSPS) is 18.6. The lowest BCUT2D eigenvalue weighted by molar-refractivity contribution is -0.165. The summed E-state index contributed by atoms with van der Waals surface area (Å²) in [6.07, 6.45) is 1.93. The van der Waals surface area contributed by atoms with E-state index in [-0.39, 0.29) is 6.10 Å². The van der Waals surface area contributed by atoms with Crippen molar-refractivity contribution in [2.24, 2.45) is 4.99 Å². The van der Waals surface area contributed by atoms with Crippen molar-refractivity contribution in [2.75, 3.05) is 32.7 Å². The number of aliphatic imine (C=N–C) groups is 1. The monoisotopic (exact) mass is 477 g/mol. The van der Waals surface area contributed by atoms with E-state index in [4.69, 9.17) is 30.4 Å². The number of hydrogen-bond acceptors (Lipinski definition) is 10. The highest BCUT2D eigenvalue weighted by Gasteiger charge is 2.29. The highest BCUT2D eigenvalue weighted by molar-refractivity contribution is 5.83. The largest absolute Gasteiger partial charge is 0.489 e. The van der Waals surface area contributed by atoms with E-state index in [1.54, 1.807) is 0 Å². The maximum atomic E-state index is 9.77. The van der Waals surface area contributed by atoms with Crippen molar-refractivity contribution < 1.29 is 34.8 Å². The molecule has 34 heavy (non-hydrogen) atoms. The number of rotatable bonds is 9. The van der Waals surface area contributed by atoms with Gasteiger partial charge in [0.25, 0.3) is 0 Å². The van der Waals surface area contributed by atoms with Crippen LogP contribution in [0, 0.1) is 11.5 Å². The smallest absolute Gasteiger partial charge is 0.335 e. The van der Waals surface area contributed by atoms with Crippen molar-refractivity contribution in [3.63, 3.8) is 0 Å². The van der Waals surface area contributed by atoms with Gasteiger partial charge in [0.2, 0.25) is 5.96 Å². The summed E-state index contributed by atoms with van der Waals surface area (Å²) in [5.41, 5.74) is 1.32. The molecular formula is C22H31N5O7. The third-order valence-electron chi connectivity index (χ3n) is 5.28. The summed E-state index contributed by atoms with van der Waals surface area (Å²) in [5.74, 6) is -1.78. The fourth-order valence-corrected chi connectivity index (χ4v) is 3.49. The number of carboxylic acid groups (broad SMARTS) is 2. The molecule has 2 aliphatic heterocycles. The first-order valence-electron chi connectivity index (χ1n) is 11.0. The molecule has 2 aliphatic rings. The van der Waals surface area contributed by atoms with Crippen molar-refractivity contribution in [3.05, 3.63) is 29.8 Å². The lowest BCUT2D eigenvalue weighted by atomic mass is 10.0. The van der Waals surface area contributed by atoms with E-state index < -0.39 is 24.1 Å². The van der Waals surface area contributed by atoms with E-state index in [1.165, 1.54) is 5.56 Å². The molecule has 0 spiro atoms. The minimum absolute atomic E-state index is 0.257. The fourth-order valence-electron chi connectivity index (χ4n) is 3.49. The molecule has 3 unspecified atom stereocenters. The van der Waals surface area contributed by atoms with Crippen LogP contribution in [0.3, 0.4) is 0 Å². The number of para-hydroxylation sites is 1. The van der Waals surface area contributed by atoms with Gasteiger partial charge in [0.15, 0.2) is 18.4 Å². The van der Waals surface area contributed by atoms with Gasteiger partial charge in [-0.3, -0.25) is 10.3 Å². The molecule has 1 aromatic carbocycles. The number of benzene rings is 1. The highest BCUT2D eigenvalue weighted by atomic mass is 16.5. The predicted octanol–water partition coefficient (Wildman–Crippen LogP) is -0.630. The van der Waals surface area contributed by atoms with Crippen LogP contribution in [-0.4, -0.2) is 94.3 Å². The molecule has 3 atom stereocenters. The maximum Gasteiger partial charge on any atom is 0.335 e. The predicted molar refractivity (Wildman–Crippen MR) is 121 cm³/mol. The second-order valence-corrected chi connectivity index (χ2v) is 7.79. The van der Waals surface area contributed by atoms with Crippen LogP contribution in [0.25, 0.3) is 0 Å². The van der Waals surface area contributed by atoms with Gasteiger partial charge in [-0.15, -0.1) is 0 Å². The Morgan fingerprint density at radius 3 is 2.62 bits per heavy atom. The number of aliphatic carboxylic acids is 2. The van der Waals surface area contributed by atoms with Gasteiger partial charge >= 0.3 is 11.9 Å². The van der Waals surface area contributed by atoms with E-state index in [0.29, 0.717) is 0 Å². The molecular weight excluding hydrogens is 446 g/mol. The SMILES string of the molecule is N#CNC1=NCCCN1CCCNCC1CCc2ccccc2O1.O=C(O)C(O)C(O)C(=O)O. The first kappa shape index (κ1) is 26.8. The molecule has 186 valence electrons. The summed E-state index contributed by atoms with van der Waals surface area (Å²) < 4.78 is 6.04. The third-order valence-corrected chi connectivity index (χ3v) is 5.28. The molecule has 6 N–H and O–H groups in total. The zero-order valence-electron chi connectivity index (χ0n) is 18.8. The van der Waals surface area contributed by atoms with Crippen LogP contribution >= 0.6 is 0 Å². The topological polar surface area (TPSA) is 188 Å². The molecule has 12 nitrogen and oxygen atoms in total. The minimum atomic E-state index is -2.27. The van der Waals surface area contributed by atoms with Crippen molar-refractivity contribution in [1.29, 1.82) is 5.26 Å². The molecule has 0 fully saturated rings. The van der Waals surface area contributed by atoms with Gasteiger partial charge in [0.05, 0.1) is 0 Å². The summed E-state index contributed by atoms with van der Waals surface area (Å²) in [6.45, 7) is 4.51. The van der Waals surface area contributed by atoms with Gasteiger partial charge in [-0.05, 0) is 43.9 Å². The van der Waals surface area contributed by atoms with Crippen LogP contribution in [0.2, 0.25) is 0 Å². The number of hydrogen-bond donors (Lipinski definition) is 6. The van der Waals surface area contributed by atoms with Crippen LogP contribution < -0.4 is 15.4 Å². The van der Waals surface area contributed by atoms with Crippen LogP contribution in [0.15, 0.2) is 29.3 Å². The van der Waals surface area contributed by atoms with Crippen LogP contribution in [-0.2, 0) is 16.0 Å². The Balaban J connectivity index is 0.000000347. The number of nitrogens with zero attached hydrogens (tertiary/aromatic N) is 3. The van der Waals surface area contributed by atoms with Gasteiger partial charge in [0, 0.05) is 26.2 Å². The van der Waals surface area contributed by atoms with E-state index in [1.807, 2.05) is 12.3 Å². The number of aliphatic hydroxyl groups excluding tert-OH is 2. The molecule has 0 bridgehead atoms. The van der Waals surface area contributed by atoms with E-state index >= 15 is 0 Å². The lowest BCUT2D eigenvalue weighted by Crippen LogP contribution is -2.44. The van der Waals surface area contributed by atoms with Gasteiger partial charge in [0.1, 0.15) is 11.9 Å². The fraction of sp³-hybridized carbons (Fsp3) is 0.545. The van der Waals surface area contributed by atoms with Crippen LogP contribution in [0.1, 0.15) is 24.8 Å². The molecule has 0 aliphatic carbocycles. The third kappa shape index (κ3) is 8.51. The van der Waals surface area contributed by atoms with Gasteiger partial charge in [-0.2, -0.15) is 5.26 Å². The average Bonchev–Trinajstić information content (AvgIpc) is 2.84. The number of fused-ring (bicyclic) bond motifs is 1. The van der Waals surface area contributed by atoms with Crippen molar-refractivity contribution in [2.45, 2.75) is 44.0 Å². The second kappa shape index (κ2) is 14.0. The molecule has 0 radical (unpaired) electrons. The number of aliphatic hydroxyl groups is 2. The molecule has 0 saturated heterocycles. The molecule has 2 heterocycles. The first-order chi connectivity index (χ1) is 16.3. The molecule has 0 aromatic heterocycles. The maximum absolute atomic E-state index is 9.77. The number of carbonyl (C=O) groups is 2. The Morgan fingerprint density at radius 1 is 1.24 bits per heavy atom. The zero-order valence-corrected chi connectivity index (χ0v) is 18.8. The lowest BCUT2D eigenvalue weighted by Gasteiger charge is -2.28. The molecule has 1 aromatic rings. The van der Waals surface area contributed by atoms with Gasteiger partial charge in [-0.25, -0.2) is 9.59 Å². The Bertz CT molecular complexity index is 871. The van der Waals surface area contributed by atoms with Crippen molar-refractivity contribution >= 4 is 17.9 Å². The number of nitriles is 1. The first-order valence-corrected chi connectivity index (χ1v) is 11.0. The van der Waals surface area contributed by atoms with E-state index in [2.05, 4.69) is 38.7 Å². The summed E-state index contributed by atoms with van der Waals surface area (Å²) in [4.78, 5) is 26.1. The van der Waals surface area contributed by atoms with Crippen molar-refractivity contribution in [3.8, 4) is 11.9 Å². The van der Waals surface area contributed by atoms with Gasteiger partial charge < -0.3 is 35.4 Å². The Morgan fingerprint density at radius 2 is 1.94 bits per heavy atom. The average molecular weight is 478 g/mol. The zero-order chi connectivity index (χ0) is 24.9. The van der Waals surface area contributed by atoms with E-state index in [0.717, 1.165) is 70.1 Å². The number of aryl methyl sites for hydroxylation is 1.